The van der Waals surface area contributed by atoms with Crippen LogP contribution in [0.1, 0.15) is 15.9 Å². The largest absolute Gasteiger partial charge is 0.352 e. The highest BCUT2D eigenvalue weighted by Gasteiger charge is 2.12. The molecule has 5 heteroatoms. The molecule has 20 heavy (non-hydrogen) atoms. The Hall–Kier alpha value is -2.30. The van der Waals surface area contributed by atoms with Gasteiger partial charge < -0.3 is 5.32 Å². The molecule has 0 saturated carbocycles. The number of carbonyl (C=O) groups is 1. The summed E-state index contributed by atoms with van der Waals surface area (Å²) in [4.78, 5) is 11.7. The number of nitrogens with one attached hydrogen (secondary N) is 1. The summed E-state index contributed by atoms with van der Waals surface area (Å²) in [5, 5.41) is 2.47. The molecule has 0 aliphatic carbocycles. The Balaban J connectivity index is 1.94. The summed E-state index contributed by atoms with van der Waals surface area (Å²) in [6.07, 6.45) is 0.293. The van der Waals surface area contributed by atoms with Crippen molar-refractivity contribution >= 4 is 5.91 Å². The molecule has 2 aromatic rings. The highest BCUT2D eigenvalue weighted by molar-refractivity contribution is 5.94. The van der Waals surface area contributed by atoms with Crippen LogP contribution in [0.15, 0.2) is 42.5 Å². The summed E-state index contributed by atoms with van der Waals surface area (Å²) in [7, 11) is 0. The fourth-order valence-electron chi connectivity index (χ4n) is 1.78. The first-order chi connectivity index (χ1) is 9.58. The smallest absolute Gasteiger partial charge is 0.254 e. The fraction of sp³-hybridized carbons (Fsp3) is 0.133. The minimum absolute atomic E-state index is 0.163. The Kier molecular flexibility index (Phi) is 4.40. The molecule has 0 heterocycles. The molecule has 0 radical (unpaired) electrons. The van der Waals surface area contributed by atoms with Crippen molar-refractivity contribution in [2.75, 3.05) is 6.54 Å². The maximum Gasteiger partial charge on any atom is 0.254 e. The highest BCUT2D eigenvalue weighted by Crippen LogP contribution is 2.10. The zero-order chi connectivity index (χ0) is 14.5. The van der Waals surface area contributed by atoms with Gasteiger partial charge in [0.05, 0.1) is 5.56 Å². The molecule has 0 aliphatic heterocycles. The number of carbonyl (C=O) groups excluding carboxylic acids is 1. The van der Waals surface area contributed by atoms with E-state index in [2.05, 4.69) is 5.32 Å². The highest BCUT2D eigenvalue weighted by atomic mass is 19.1. The number of halogens is 3. The van der Waals surface area contributed by atoms with Crippen LogP contribution in [0.25, 0.3) is 0 Å². The summed E-state index contributed by atoms with van der Waals surface area (Å²) in [5.74, 6) is -2.67. The number of benzene rings is 2. The monoisotopic (exact) mass is 279 g/mol. The first kappa shape index (κ1) is 14.1. The average Bonchev–Trinajstić information content (AvgIpc) is 2.40. The standard InChI is InChI=1S/C15H12F3NO/c16-11-5-6-12(14(18)9-11)15(20)19-8-7-10-3-1-2-4-13(10)17/h1-6,9H,7-8H2,(H,19,20). The zero-order valence-corrected chi connectivity index (χ0v) is 10.5. The molecule has 0 unspecified atom stereocenters. The lowest BCUT2D eigenvalue weighted by molar-refractivity contribution is 0.0950. The molecule has 0 fully saturated rings. The van der Waals surface area contributed by atoms with Gasteiger partial charge in [-0.05, 0) is 30.2 Å². The van der Waals surface area contributed by atoms with Crippen LogP contribution < -0.4 is 5.32 Å². The van der Waals surface area contributed by atoms with Gasteiger partial charge in [0.15, 0.2) is 0 Å². The van der Waals surface area contributed by atoms with E-state index in [9.17, 15) is 18.0 Å². The molecule has 1 amide bonds. The summed E-state index contributed by atoms with van der Waals surface area (Å²) in [6, 6.07) is 8.94. The number of amides is 1. The maximum absolute atomic E-state index is 13.4. The Bertz CT molecular complexity index is 628. The van der Waals surface area contributed by atoms with Crippen LogP contribution in [-0.2, 0) is 6.42 Å². The lowest BCUT2D eigenvalue weighted by Crippen LogP contribution is -2.26. The van der Waals surface area contributed by atoms with Crippen molar-refractivity contribution in [3.05, 3.63) is 71.0 Å². The molecular weight excluding hydrogens is 267 g/mol. The summed E-state index contributed by atoms with van der Waals surface area (Å²) < 4.78 is 39.4. The molecule has 2 aromatic carbocycles. The Morgan fingerprint density at radius 2 is 1.75 bits per heavy atom. The minimum atomic E-state index is -0.923. The second-order valence-electron chi connectivity index (χ2n) is 4.22. The van der Waals surface area contributed by atoms with E-state index in [-0.39, 0.29) is 17.9 Å². The third-order valence-electron chi connectivity index (χ3n) is 2.81. The van der Waals surface area contributed by atoms with Gasteiger partial charge in [0.25, 0.3) is 5.91 Å². The zero-order valence-electron chi connectivity index (χ0n) is 10.5. The molecule has 0 atom stereocenters. The maximum atomic E-state index is 13.4. The van der Waals surface area contributed by atoms with Crippen molar-refractivity contribution < 1.29 is 18.0 Å². The van der Waals surface area contributed by atoms with E-state index < -0.39 is 17.5 Å². The van der Waals surface area contributed by atoms with Crippen molar-refractivity contribution in [2.24, 2.45) is 0 Å². The van der Waals surface area contributed by atoms with E-state index in [1.807, 2.05) is 0 Å². The van der Waals surface area contributed by atoms with Crippen molar-refractivity contribution in [2.45, 2.75) is 6.42 Å². The van der Waals surface area contributed by atoms with Crippen molar-refractivity contribution in [1.29, 1.82) is 0 Å². The number of hydrogen-bond donors (Lipinski definition) is 1. The van der Waals surface area contributed by atoms with E-state index in [1.54, 1.807) is 18.2 Å². The SMILES string of the molecule is O=C(NCCc1ccccc1F)c1ccc(F)cc1F. The lowest BCUT2D eigenvalue weighted by atomic mass is 10.1. The molecule has 2 nitrogen and oxygen atoms in total. The van der Waals surface area contributed by atoms with Gasteiger partial charge in [-0.15, -0.1) is 0 Å². The van der Waals surface area contributed by atoms with E-state index in [1.165, 1.54) is 6.07 Å². The Morgan fingerprint density at radius 1 is 1.00 bits per heavy atom. The van der Waals surface area contributed by atoms with Gasteiger partial charge in [0.2, 0.25) is 0 Å². The molecule has 1 N–H and O–H groups in total. The van der Waals surface area contributed by atoms with Gasteiger partial charge >= 0.3 is 0 Å². The van der Waals surface area contributed by atoms with E-state index in [4.69, 9.17) is 0 Å². The quantitative estimate of drug-likeness (QED) is 0.915. The Morgan fingerprint density at radius 3 is 2.45 bits per heavy atom. The average molecular weight is 279 g/mol. The second kappa shape index (κ2) is 6.23. The van der Waals surface area contributed by atoms with Crippen molar-refractivity contribution in [1.82, 2.24) is 5.32 Å². The first-order valence-electron chi connectivity index (χ1n) is 6.04. The third kappa shape index (κ3) is 3.38. The number of rotatable bonds is 4. The number of hydrogen-bond acceptors (Lipinski definition) is 1. The van der Waals surface area contributed by atoms with E-state index in [0.717, 1.165) is 12.1 Å². The van der Waals surface area contributed by atoms with Crippen LogP contribution >= 0.6 is 0 Å². The van der Waals surface area contributed by atoms with Gasteiger partial charge in [-0.25, -0.2) is 13.2 Å². The van der Waals surface area contributed by atoms with Crippen LogP contribution in [0.3, 0.4) is 0 Å². The summed E-state index contributed by atoms with van der Waals surface area (Å²) >= 11 is 0. The molecule has 2 rings (SSSR count). The molecule has 0 aliphatic rings. The van der Waals surface area contributed by atoms with Gasteiger partial charge in [-0.1, -0.05) is 18.2 Å². The molecule has 0 aromatic heterocycles. The van der Waals surface area contributed by atoms with Crippen LogP contribution in [0.5, 0.6) is 0 Å². The fourth-order valence-corrected chi connectivity index (χ4v) is 1.78. The molecular formula is C15H12F3NO. The van der Waals surface area contributed by atoms with Gasteiger partial charge in [0, 0.05) is 12.6 Å². The minimum Gasteiger partial charge on any atom is -0.352 e. The van der Waals surface area contributed by atoms with E-state index in [0.29, 0.717) is 18.1 Å². The third-order valence-corrected chi connectivity index (χ3v) is 2.81. The van der Waals surface area contributed by atoms with Crippen LogP contribution in [-0.4, -0.2) is 12.5 Å². The van der Waals surface area contributed by atoms with Crippen LogP contribution in [0.4, 0.5) is 13.2 Å². The summed E-state index contributed by atoms with van der Waals surface area (Å²) in [6.45, 7) is 0.163. The van der Waals surface area contributed by atoms with Crippen molar-refractivity contribution in [3.63, 3.8) is 0 Å². The second-order valence-corrected chi connectivity index (χ2v) is 4.22. The topological polar surface area (TPSA) is 29.1 Å². The van der Waals surface area contributed by atoms with Gasteiger partial charge in [0.1, 0.15) is 17.5 Å². The summed E-state index contributed by atoms with van der Waals surface area (Å²) in [5.41, 5.74) is 0.229. The molecule has 104 valence electrons. The van der Waals surface area contributed by atoms with Gasteiger partial charge in [-0.2, -0.15) is 0 Å². The van der Waals surface area contributed by atoms with Crippen LogP contribution in [0, 0.1) is 17.5 Å². The lowest BCUT2D eigenvalue weighted by Gasteiger charge is -2.07. The van der Waals surface area contributed by atoms with Crippen molar-refractivity contribution in [3.8, 4) is 0 Å². The van der Waals surface area contributed by atoms with Crippen LogP contribution in [0.2, 0.25) is 0 Å². The van der Waals surface area contributed by atoms with E-state index >= 15 is 0 Å². The molecule has 0 spiro atoms. The Labute approximate surface area is 114 Å². The van der Waals surface area contributed by atoms with Gasteiger partial charge in [-0.3, -0.25) is 4.79 Å². The predicted molar refractivity (Wildman–Crippen MR) is 68.8 cm³/mol. The molecule has 0 saturated heterocycles. The first-order valence-corrected chi connectivity index (χ1v) is 6.04. The predicted octanol–water partition coefficient (Wildman–Crippen LogP) is 3.08. The molecule has 0 bridgehead atoms. The normalized spacial score (nSPS) is 10.3.